The minimum atomic E-state index is 0.861. The summed E-state index contributed by atoms with van der Waals surface area (Å²) in [6.45, 7) is 2.12. The monoisotopic (exact) mass is 231 g/mol. The van der Waals surface area contributed by atoms with Gasteiger partial charge in [0.1, 0.15) is 0 Å². The number of benzene rings is 1. The summed E-state index contributed by atoms with van der Waals surface area (Å²) in [6, 6.07) is 5.92. The topological polar surface area (TPSA) is 26.0 Å². The number of hydrogen-bond donors (Lipinski definition) is 1. The van der Waals surface area contributed by atoms with Crippen molar-refractivity contribution in [3.8, 4) is 0 Å². The normalized spacial score (nSPS) is 10.0. The number of halogens is 1. The predicted octanol–water partition coefficient (Wildman–Crippen LogP) is 3.14. The summed E-state index contributed by atoms with van der Waals surface area (Å²) in [5.74, 6) is 1.06. The lowest BCUT2D eigenvalue weighted by atomic mass is 10.3. The molecule has 0 saturated carbocycles. The SMILES string of the molecule is CCSc1cc(Br)ccc1N. The van der Waals surface area contributed by atoms with Gasteiger partial charge in [-0.3, -0.25) is 0 Å². The van der Waals surface area contributed by atoms with Crippen LogP contribution in [0.2, 0.25) is 0 Å². The first kappa shape index (κ1) is 8.94. The van der Waals surface area contributed by atoms with Gasteiger partial charge in [-0.25, -0.2) is 0 Å². The summed E-state index contributed by atoms with van der Waals surface area (Å²) in [7, 11) is 0. The summed E-state index contributed by atoms with van der Waals surface area (Å²) in [5.41, 5.74) is 6.60. The van der Waals surface area contributed by atoms with Crippen molar-refractivity contribution in [2.24, 2.45) is 0 Å². The van der Waals surface area contributed by atoms with E-state index in [0.29, 0.717) is 0 Å². The van der Waals surface area contributed by atoms with E-state index in [9.17, 15) is 0 Å². The van der Waals surface area contributed by atoms with Crippen LogP contribution >= 0.6 is 27.7 Å². The Hall–Kier alpha value is -0.150. The largest absolute Gasteiger partial charge is 0.398 e. The number of nitrogen functional groups attached to an aromatic ring is 1. The van der Waals surface area contributed by atoms with E-state index in [2.05, 4.69) is 22.9 Å². The standard InChI is InChI=1S/C8H10BrNS/c1-2-11-8-5-6(9)3-4-7(8)10/h3-5H,2,10H2,1H3. The molecule has 0 amide bonds. The van der Waals surface area contributed by atoms with Gasteiger partial charge in [-0.05, 0) is 24.0 Å². The molecule has 2 N–H and O–H groups in total. The third kappa shape index (κ3) is 2.42. The zero-order valence-corrected chi connectivity index (χ0v) is 8.71. The highest BCUT2D eigenvalue weighted by atomic mass is 79.9. The molecule has 0 bridgehead atoms. The summed E-state index contributed by atoms with van der Waals surface area (Å²) >= 11 is 5.16. The molecule has 0 aliphatic carbocycles. The molecular weight excluding hydrogens is 222 g/mol. The van der Waals surface area contributed by atoms with Gasteiger partial charge in [-0.1, -0.05) is 22.9 Å². The Morgan fingerprint density at radius 2 is 2.27 bits per heavy atom. The highest BCUT2D eigenvalue weighted by Gasteiger charge is 1.97. The molecule has 0 saturated heterocycles. The minimum absolute atomic E-state index is 0.861. The minimum Gasteiger partial charge on any atom is -0.398 e. The van der Waals surface area contributed by atoms with Crippen molar-refractivity contribution in [2.45, 2.75) is 11.8 Å². The molecule has 0 radical (unpaired) electrons. The molecule has 1 rings (SSSR count). The van der Waals surface area contributed by atoms with Crippen LogP contribution in [0, 0.1) is 0 Å². The zero-order chi connectivity index (χ0) is 8.27. The molecule has 0 aliphatic rings. The van der Waals surface area contributed by atoms with E-state index in [1.807, 2.05) is 18.2 Å². The van der Waals surface area contributed by atoms with Crippen LogP contribution in [0.4, 0.5) is 5.69 Å². The van der Waals surface area contributed by atoms with Crippen molar-refractivity contribution < 1.29 is 0 Å². The second-order valence-corrected chi connectivity index (χ2v) is 4.34. The van der Waals surface area contributed by atoms with Gasteiger partial charge in [0.25, 0.3) is 0 Å². The number of hydrogen-bond acceptors (Lipinski definition) is 2. The molecule has 0 aliphatic heterocycles. The van der Waals surface area contributed by atoms with E-state index < -0.39 is 0 Å². The van der Waals surface area contributed by atoms with Crippen molar-refractivity contribution in [2.75, 3.05) is 11.5 Å². The highest BCUT2D eigenvalue weighted by Crippen LogP contribution is 2.27. The Balaban J connectivity index is 2.93. The van der Waals surface area contributed by atoms with Crippen LogP contribution in [0.5, 0.6) is 0 Å². The number of nitrogens with two attached hydrogens (primary N) is 1. The fourth-order valence-electron chi connectivity index (χ4n) is 0.789. The van der Waals surface area contributed by atoms with E-state index in [1.54, 1.807) is 11.8 Å². The Morgan fingerprint density at radius 1 is 1.55 bits per heavy atom. The summed E-state index contributed by atoms with van der Waals surface area (Å²) in [5, 5.41) is 0. The molecule has 1 aromatic rings. The first-order valence-electron chi connectivity index (χ1n) is 3.42. The molecule has 1 aromatic carbocycles. The first-order valence-corrected chi connectivity index (χ1v) is 5.19. The molecule has 0 aromatic heterocycles. The van der Waals surface area contributed by atoms with Crippen LogP contribution in [-0.4, -0.2) is 5.75 Å². The van der Waals surface area contributed by atoms with Gasteiger partial charge < -0.3 is 5.73 Å². The van der Waals surface area contributed by atoms with Gasteiger partial charge in [-0.2, -0.15) is 0 Å². The quantitative estimate of drug-likeness (QED) is 0.626. The van der Waals surface area contributed by atoms with Crippen LogP contribution in [-0.2, 0) is 0 Å². The first-order chi connectivity index (χ1) is 5.24. The maximum atomic E-state index is 5.73. The molecule has 0 unspecified atom stereocenters. The van der Waals surface area contributed by atoms with Crippen LogP contribution in [0.1, 0.15) is 6.92 Å². The highest BCUT2D eigenvalue weighted by molar-refractivity contribution is 9.10. The fourth-order valence-corrected chi connectivity index (χ4v) is 2.06. The summed E-state index contributed by atoms with van der Waals surface area (Å²) in [6.07, 6.45) is 0. The van der Waals surface area contributed by atoms with Crippen LogP contribution in [0.15, 0.2) is 27.6 Å². The van der Waals surface area contributed by atoms with Gasteiger partial charge >= 0.3 is 0 Å². The van der Waals surface area contributed by atoms with Crippen molar-refractivity contribution in [1.82, 2.24) is 0 Å². The molecule has 60 valence electrons. The molecule has 0 spiro atoms. The van der Waals surface area contributed by atoms with Crippen LogP contribution in [0.25, 0.3) is 0 Å². The Morgan fingerprint density at radius 3 is 2.91 bits per heavy atom. The van der Waals surface area contributed by atoms with Crippen molar-refractivity contribution >= 4 is 33.4 Å². The molecule has 1 nitrogen and oxygen atoms in total. The smallest absolute Gasteiger partial charge is 0.0453 e. The lowest BCUT2D eigenvalue weighted by molar-refractivity contribution is 1.41. The summed E-state index contributed by atoms with van der Waals surface area (Å²) < 4.78 is 1.09. The molecule has 0 fully saturated rings. The number of rotatable bonds is 2. The Bertz CT molecular complexity index is 250. The van der Waals surface area contributed by atoms with Gasteiger partial charge in [-0.15, -0.1) is 11.8 Å². The van der Waals surface area contributed by atoms with Crippen molar-refractivity contribution in [3.05, 3.63) is 22.7 Å². The average molecular weight is 232 g/mol. The molecule has 11 heavy (non-hydrogen) atoms. The van der Waals surface area contributed by atoms with E-state index >= 15 is 0 Å². The third-order valence-corrected chi connectivity index (χ3v) is 2.72. The predicted molar refractivity (Wildman–Crippen MR) is 55.0 cm³/mol. The lowest BCUT2D eigenvalue weighted by Crippen LogP contribution is -1.87. The van der Waals surface area contributed by atoms with E-state index in [0.717, 1.165) is 20.8 Å². The molecular formula is C8H10BrNS. The van der Waals surface area contributed by atoms with Crippen molar-refractivity contribution in [1.29, 1.82) is 0 Å². The Labute approximate surface area is 79.5 Å². The fraction of sp³-hybridized carbons (Fsp3) is 0.250. The van der Waals surface area contributed by atoms with Crippen LogP contribution in [0.3, 0.4) is 0 Å². The maximum Gasteiger partial charge on any atom is 0.0453 e. The lowest BCUT2D eigenvalue weighted by Gasteiger charge is -2.02. The zero-order valence-electron chi connectivity index (χ0n) is 6.30. The molecule has 0 heterocycles. The average Bonchev–Trinajstić information content (AvgIpc) is 1.98. The maximum absolute atomic E-state index is 5.73. The third-order valence-electron chi connectivity index (χ3n) is 1.28. The second kappa shape index (κ2) is 4.02. The van der Waals surface area contributed by atoms with Crippen molar-refractivity contribution in [3.63, 3.8) is 0 Å². The van der Waals surface area contributed by atoms with Gasteiger partial charge in [0.05, 0.1) is 0 Å². The summed E-state index contributed by atoms with van der Waals surface area (Å²) in [4.78, 5) is 1.15. The molecule has 3 heteroatoms. The van der Waals surface area contributed by atoms with E-state index in [1.165, 1.54) is 0 Å². The van der Waals surface area contributed by atoms with E-state index in [-0.39, 0.29) is 0 Å². The molecule has 0 atom stereocenters. The number of thioether (sulfide) groups is 1. The van der Waals surface area contributed by atoms with Gasteiger partial charge in [0, 0.05) is 15.1 Å². The Kier molecular flexibility index (Phi) is 3.27. The van der Waals surface area contributed by atoms with Gasteiger partial charge in [0.15, 0.2) is 0 Å². The van der Waals surface area contributed by atoms with Gasteiger partial charge in [0.2, 0.25) is 0 Å². The van der Waals surface area contributed by atoms with E-state index in [4.69, 9.17) is 5.73 Å². The number of anilines is 1. The van der Waals surface area contributed by atoms with Crippen LogP contribution < -0.4 is 5.73 Å². The second-order valence-electron chi connectivity index (χ2n) is 2.12.